The molecule has 0 aliphatic heterocycles. The maximum absolute atomic E-state index is 12.8. The Balaban J connectivity index is 1.28. The first-order valence-corrected chi connectivity index (χ1v) is 15.1. The van der Waals surface area contributed by atoms with E-state index in [2.05, 4.69) is 70.4 Å². The Bertz CT molecular complexity index is 1330. The highest BCUT2D eigenvalue weighted by molar-refractivity contribution is 5.90. The van der Waals surface area contributed by atoms with Gasteiger partial charge >= 0.3 is 0 Å². The number of amides is 1. The quantitative estimate of drug-likeness (QED) is 0.284. The van der Waals surface area contributed by atoms with Gasteiger partial charge in [0.1, 0.15) is 11.6 Å². The van der Waals surface area contributed by atoms with Gasteiger partial charge in [-0.1, -0.05) is 65.8 Å². The van der Waals surface area contributed by atoms with Crippen molar-refractivity contribution < 1.29 is 9.90 Å². The van der Waals surface area contributed by atoms with E-state index in [1.165, 1.54) is 0 Å². The van der Waals surface area contributed by atoms with Gasteiger partial charge in [-0.3, -0.25) is 4.79 Å². The highest BCUT2D eigenvalue weighted by atomic mass is 16.3. The van der Waals surface area contributed by atoms with Crippen LogP contribution in [0.5, 0.6) is 5.75 Å². The molecule has 0 spiro atoms. The number of aromatic hydroxyl groups is 1. The molecule has 0 saturated heterocycles. The average molecular weight is 560 g/mol. The zero-order valence-corrected chi connectivity index (χ0v) is 26.3. The van der Waals surface area contributed by atoms with E-state index in [1.54, 1.807) is 0 Å². The van der Waals surface area contributed by atoms with Crippen LogP contribution in [0.3, 0.4) is 0 Å². The van der Waals surface area contributed by atoms with Crippen molar-refractivity contribution >= 4 is 28.6 Å². The average Bonchev–Trinajstić information content (AvgIpc) is 2.90. The lowest BCUT2D eigenvalue weighted by molar-refractivity contribution is -0.121. The number of fused-ring (bicyclic) bond motifs is 1. The molecule has 3 aromatic rings. The number of aromatic nitrogens is 2. The fraction of sp³-hybridized carbons (Fsp3) is 0.559. The van der Waals surface area contributed by atoms with E-state index in [-0.39, 0.29) is 16.7 Å². The summed E-state index contributed by atoms with van der Waals surface area (Å²) >= 11 is 0. The molecular weight excluding hydrogens is 510 g/mol. The van der Waals surface area contributed by atoms with Crippen molar-refractivity contribution in [1.82, 2.24) is 15.3 Å². The molecule has 1 aromatic heterocycles. The number of aryl methyl sites for hydroxylation is 1. The van der Waals surface area contributed by atoms with Crippen molar-refractivity contribution in [3.63, 3.8) is 0 Å². The van der Waals surface area contributed by atoms with E-state index < -0.39 is 0 Å². The van der Waals surface area contributed by atoms with E-state index in [9.17, 15) is 9.90 Å². The molecule has 1 saturated carbocycles. The first-order valence-electron chi connectivity index (χ1n) is 15.1. The number of hydrogen-bond acceptors (Lipinski definition) is 6. The van der Waals surface area contributed by atoms with Crippen LogP contribution in [-0.4, -0.2) is 47.7 Å². The first-order chi connectivity index (χ1) is 19.2. The minimum Gasteiger partial charge on any atom is -0.507 e. The predicted octanol–water partition coefficient (Wildman–Crippen LogP) is 6.72. The number of phenols is 1. The summed E-state index contributed by atoms with van der Waals surface area (Å²) in [6.07, 6.45) is 5.30. The number of nitrogens with zero attached hydrogens (tertiary/aromatic N) is 3. The van der Waals surface area contributed by atoms with Gasteiger partial charge in [0.15, 0.2) is 0 Å². The maximum Gasteiger partial charge on any atom is 0.225 e. The van der Waals surface area contributed by atoms with Gasteiger partial charge < -0.3 is 20.6 Å². The molecule has 0 unspecified atom stereocenters. The number of para-hydroxylation sites is 1. The van der Waals surface area contributed by atoms with E-state index in [1.807, 2.05) is 37.2 Å². The lowest BCUT2D eigenvalue weighted by atomic mass is 9.78. The van der Waals surface area contributed by atoms with E-state index >= 15 is 0 Å². The fourth-order valence-corrected chi connectivity index (χ4v) is 5.75. The zero-order valence-electron chi connectivity index (χ0n) is 26.3. The molecule has 1 amide bonds. The van der Waals surface area contributed by atoms with Crippen LogP contribution in [0.1, 0.15) is 90.3 Å². The summed E-state index contributed by atoms with van der Waals surface area (Å²) in [5.74, 6) is 2.57. The zero-order chi connectivity index (χ0) is 29.9. The van der Waals surface area contributed by atoms with E-state index in [4.69, 9.17) is 9.97 Å². The Hall–Kier alpha value is -3.35. The first kappa shape index (κ1) is 30.6. The summed E-state index contributed by atoms with van der Waals surface area (Å²) in [6.45, 7) is 13.4. The molecular formula is C34H49N5O2. The van der Waals surface area contributed by atoms with Crippen LogP contribution in [-0.2, 0) is 22.0 Å². The number of benzene rings is 2. The van der Waals surface area contributed by atoms with Crippen molar-refractivity contribution in [3.8, 4) is 5.75 Å². The van der Waals surface area contributed by atoms with Gasteiger partial charge in [-0.05, 0) is 77.7 Å². The number of carbonyl (C=O) groups is 1. The van der Waals surface area contributed by atoms with E-state index in [0.717, 1.165) is 65.6 Å². The summed E-state index contributed by atoms with van der Waals surface area (Å²) < 4.78 is 0. The predicted molar refractivity (Wildman–Crippen MR) is 170 cm³/mol. The maximum atomic E-state index is 12.8. The van der Waals surface area contributed by atoms with Crippen LogP contribution in [0.2, 0.25) is 0 Å². The number of phenolic OH excluding ortho intramolecular Hbond substituents is 1. The smallest absolute Gasteiger partial charge is 0.225 e. The Labute approximate surface area is 246 Å². The van der Waals surface area contributed by atoms with Crippen LogP contribution in [0.25, 0.3) is 10.9 Å². The highest BCUT2D eigenvalue weighted by Gasteiger charge is 2.27. The summed E-state index contributed by atoms with van der Waals surface area (Å²) in [4.78, 5) is 24.4. The third-order valence-electron chi connectivity index (χ3n) is 8.20. The Kier molecular flexibility index (Phi) is 9.15. The van der Waals surface area contributed by atoms with Gasteiger partial charge in [0.05, 0.1) is 5.52 Å². The van der Waals surface area contributed by atoms with E-state index in [0.29, 0.717) is 36.5 Å². The van der Waals surface area contributed by atoms with Gasteiger partial charge in [0, 0.05) is 38.5 Å². The minimum atomic E-state index is -0.175. The van der Waals surface area contributed by atoms with Crippen LogP contribution < -0.4 is 15.5 Å². The minimum absolute atomic E-state index is 0.0914. The molecule has 7 nitrogen and oxygen atoms in total. The topological polar surface area (TPSA) is 90.4 Å². The Morgan fingerprint density at radius 2 is 1.56 bits per heavy atom. The molecule has 0 atom stereocenters. The van der Waals surface area contributed by atoms with Crippen molar-refractivity contribution in [2.45, 2.75) is 96.9 Å². The molecule has 7 heteroatoms. The highest BCUT2D eigenvalue weighted by Crippen LogP contribution is 2.40. The Morgan fingerprint density at radius 3 is 2.15 bits per heavy atom. The number of nitrogens with one attached hydrogen (secondary N) is 2. The lowest BCUT2D eigenvalue weighted by Gasteiger charge is -2.29. The second-order valence-corrected chi connectivity index (χ2v) is 14.0. The standard InChI is InChI=1S/C34H49N5O2/c1-33(2,3)26-19-23(20-27(30(26)41)34(4,5)6)15-18-29(40)35-21-22-13-16-24(17-14-22)36-32-37-28-12-10-9-11-25(28)31(38-32)39(7)8/h9-12,19-20,22,24,41H,13-18,21H2,1-8H3,(H,35,40)(H,36,37,38). The van der Waals surface area contributed by atoms with Crippen LogP contribution >= 0.6 is 0 Å². The summed E-state index contributed by atoms with van der Waals surface area (Å²) in [7, 11) is 4.02. The third kappa shape index (κ3) is 7.69. The molecule has 1 heterocycles. The third-order valence-corrected chi connectivity index (χ3v) is 8.20. The molecule has 0 bridgehead atoms. The molecule has 41 heavy (non-hydrogen) atoms. The largest absolute Gasteiger partial charge is 0.507 e. The molecule has 1 aliphatic carbocycles. The van der Waals surface area contributed by atoms with Crippen LogP contribution in [0.15, 0.2) is 36.4 Å². The number of carbonyl (C=O) groups excluding carboxylic acids is 1. The molecule has 0 radical (unpaired) electrons. The van der Waals surface area contributed by atoms with Gasteiger partial charge in [-0.2, -0.15) is 4.98 Å². The molecule has 1 aliphatic rings. The lowest BCUT2D eigenvalue weighted by Crippen LogP contribution is -2.34. The number of rotatable bonds is 8. The van der Waals surface area contributed by atoms with Crippen molar-refractivity contribution in [2.75, 3.05) is 30.9 Å². The monoisotopic (exact) mass is 559 g/mol. The van der Waals surface area contributed by atoms with Crippen LogP contribution in [0.4, 0.5) is 11.8 Å². The normalized spacial score (nSPS) is 17.9. The molecule has 2 aromatic carbocycles. The van der Waals surface area contributed by atoms with Gasteiger partial charge in [0.25, 0.3) is 0 Å². The SMILES string of the molecule is CN(C)c1nc(NC2CCC(CNC(=O)CCc3cc(C(C)(C)C)c(O)c(C(C)(C)C)c3)CC2)nc2ccccc12. The van der Waals surface area contributed by atoms with Gasteiger partial charge in [-0.15, -0.1) is 0 Å². The van der Waals surface area contributed by atoms with Crippen molar-refractivity contribution in [3.05, 3.63) is 53.1 Å². The van der Waals surface area contributed by atoms with Crippen LogP contribution in [0, 0.1) is 5.92 Å². The second-order valence-electron chi connectivity index (χ2n) is 14.0. The summed E-state index contributed by atoms with van der Waals surface area (Å²) in [5.41, 5.74) is 3.58. The van der Waals surface area contributed by atoms with Crippen molar-refractivity contribution in [2.24, 2.45) is 5.92 Å². The summed E-state index contributed by atoms with van der Waals surface area (Å²) in [5, 5.41) is 18.8. The van der Waals surface area contributed by atoms with Crippen molar-refractivity contribution in [1.29, 1.82) is 0 Å². The van der Waals surface area contributed by atoms with Gasteiger partial charge in [-0.25, -0.2) is 4.98 Å². The number of hydrogen-bond donors (Lipinski definition) is 3. The molecule has 222 valence electrons. The fourth-order valence-electron chi connectivity index (χ4n) is 5.75. The molecule has 1 fully saturated rings. The molecule has 4 rings (SSSR count). The molecule has 3 N–H and O–H groups in total. The Morgan fingerprint density at radius 1 is 0.951 bits per heavy atom. The second kappa shape index (κ2) is 12.3. The summed E-state index contributed by atoms with van der Waals surface area (Å²) in [6, 6.07) is 12.6. The number of anilines is 2. The van der Waals surface area contributed by atoms with Gasteiger partial charge in [0.2, 0.25) is 11.9 Å².